The highest BCUT2D eigenvalue weighted by molar-refractivity contribution is 5.86. The molecular formula is C16H17F3N2O2. The Kier molecular flexibility index (Phi) is 4.68. The Bertz CT molecular complexity index is 704. The second-order valence-corrected chi connectivity index (χ2v) is 4.94. The van der Waals surface area contributed by atoms with Gasteiger partial charge in [-0.25, -0.2) is 4.79 Å². The van der Waals surface area contributed by atoms with Crippen molar-refractivity contribution < 1.29 is 23.1 Å². The molecule has 0 aliphatic heterocycles. The number of halogens is 3. The molecule has 0 fully saturated rings. The van der Waals surface area contributed by atoms with Crippen molar-refractivity contribution in [2.45, 2.75) is 20.0 Å². The van der Waals surface area contributed by atoms with Crippen LogP contribution < -0.4 is 4.90 Å². The summed E-state index contributed by atoms with van der Waals surface area (Å²) in [6.07, 6.45) is -3.27. The molecule has 0 amide bonds. The first-order valence-electron chi connectivity index (χ1n) is 7.16. The molecule has 0 bridgehead atoms. The van der Waals surface area contributed by atoms with E-state index in [-0.39, 0.29) is 11.4 Å². The van der Waals surface area contributed by atoms with Crippen LogP contribution in [0.15, 0.2) is 36.5 Å². The van der Waals surface area contributed by atoms with Crippen molar-refractivity contribution in [2.75, 3.05) is 18.0 Å². The van der Waals surface area contributed by atoms with Crippen LogP contribution in [0.5, 0.6) is 0 Å². The molecule has 1 aromatic heterocycles. The summed E-state index contributed by atoms with van der Waals surface area (Å²) in [4.78, 5) is 13.0. The second kappa shape index (κ2) is 6.36. The molecule has 0 saturated heterocycles. The molecule has 23 heavy (non-hydrogen) atoms. The predicted octanol–water partition coefficient (Wildman–Crippen LogP) is 4.04. The Labute approximate surface area is 131 Å². The van der Waals surface area contributed by atoms with Crippen LogP contribution >= 0.6 is 0 Å². The number of aromatic nitrogens is 1. The first kappa shape index (κ1) is 16.9. The van der Waals surface area contributed by atoms with Crippen LogP contribution in [0.25, 0.3) is 5.69 Å². The number of hydrogen-bond donors (Lipinski definition) is 1. The van der Waals surface area contributed by atoms with Crippen molar-refractivity contribution in [3.8, 4) is 5.69 Å². The van der Waals surface area contributed by atoms with E-state index < -0.39 is 17.7 Å². The van der Waals surface area contributed by atoms with Gasteiger partial charge in [0.25, 0.3) is 0 Å². The lowest BCUT2D eigenvalue weighted by Gasteiger charge is -2.24. The summed E-state index contributed by atoms with van der Waals surface area (Å²) in [5, 5.41) is 9.12. The fraction of sp³-hybridized carbons (Fsp3) is 0.312. The summed E-state index contributed by atoms with van der Waals surface area (Å²) < 4.78 is 41.4. The van der Waals surface area contributed by atoms with Gasteiger partial charge in [0.1, 0.15) is 5.69 Å². The predicted molar refractivity (Wildman–Crippen MR) is 81.3 cm³/mol. The van der Waals surface area contributed by atoms with E-state index in [9.17, 15) is 18.0 Å². The number of rotatable bonds is 5. The number of nitrogens with zero attached hydrogens (tertiary/aromatic N) is 2. The number of carbonyl (C=O) groups is 1. The molecule has 0 spiro atoms. The van der Waals surface area contributed by atoms with Crippen molar-refractivity contribution in [1.29, 1.82) is 0 Å². The van der Waals surface area contributed by atoms with Crippen LogP contribution in [0, 0.1) is 0 Å². The zero-order valence-corrected chi connectivity index (χ0v) is 12.8. The molecule has 2 rings (SSSR count). The van der Waals surface area contributed by atoms with Gasteiger partial charge in [-0.05, 0) is 44.2 Å². The molecular weight excluding hydrogens is 309 g/mol. The van der Waals surface area contributed by atoms with Crippen LogP contribution in [0.1, 0.15) is 29.9 Å². The Morgan fingerprint density at radius 3 is 2.39 bits per heavy atom. The Morgan fingerprint density at radius 2 is 1.87 bits per heavy atom. The molecule has 0 saturated carbocycles. The van der Waals surface area contributed by atoms with Gasteiger partial charge in [-0.3, -0.25) is 0 Å². The summed E-state index contributed by atoms with van der Waals surface area (Å²) >= 11 is 0. The van der Waals surface area contributed by atoms with Crippen LogP contribution in [0.2, 0.25) is 0 Å². The molecule has 1 heterocycles. The maximum Gasteiger partial charge on any atom is 0.418 e. The molecule has 4 nitrogen and oxygen atoms in total. The first-order chi connectivity index (χ1) is 10.8. The molecule has 124 valence electrons. The minimum absolute atomic E-state index is 0.198. The Hall–Kier alpha value is -2.44. The van der Waals surface area contributed by atoms with Crippen molar-refractivity contribution in [3.63, 3.8) is 0 Å². The van der Waals surface area contributed by atoms with Gasteiger partial charge in [0, 0.05) is 25.0 Å². The number of aromatic carboxylic acids is 1. The number of anilines is 1. The molecule has 0 atom stereocenters. The third-order valence-electron chi connectivity index (χ3n) is 3.64. The summed E-state index contributed by atoms with van der Waals surface area (Å²) in [5.74, 6) is -1.28. The molecule has 1 N–H and O–H groups in total. The summed E-state index contributed by atoms with van der Waals surface area (Å²) in [6.45, 7) is 4.88. The van der Waals surface area contributed by atoms with Crippen molar-refractivity contribution in [3.05, 3.63) is 47.8 Å². The van der Waals surface area contributed by atoms with Crippen LogP contribution in [0.4, 0.5) is 18.9 Å². The maximum atomic E-state index is 13.4. The lowest BCUT2D eigenvalue weighted by molar-refractivity contribution is -0.137. The number of benzene rings is 1. The van der Waals surface area contributed by atoms with Crippen molar-refractivity contribution in [1.82, 2.24) is 4.57 Å². The second-order valence-electron chi connectivity index (χ2n) is 4.94. The Morgan fingerprint density at radius 1 is 1.22 bits per heavy atom. The molecule has 0 unspecified atom stereocenters. The van der Waals surface area contributed by atoms with Gasteiger partial charge in [-0.2, -0.15) is 13.2 Å². The van der Waals surface area contributed by atoms with Gasteiger partial charge in [0.15, 0.2) is 0 Å². The number of carboxylic acids is 1. The average molecular weight is 326 g/mol. The standard InChI is InChI=1S/C16H17F3N2O2/c1-3-20(4-2)11-7-8-13(12(10-11)16(17,18)19)21-9-5-6-14(21)15(22)23/h5-10H,3-4H2,1-2H3,(H,22,23). The average Bonchev–Trinajstić information content (AvgIpc) is 2.97. The fourth-order valence-electron chi connectivity index (χ4n) is 2.51. The number of carboxylic acid groups (broad SMARTS) is 1. The molecule has 0 radical (unpaired) electrons. The van der Waals surface area contributed by atoms with Gasteiger partial charge < -0.3 is 14.6 Å². The van der Waals surface area contributed by atoms with Crippen molar-refractivity contribution in [2.24, 2.45) is 0 Å². The summed E-state index contributed by atoms with van der Waals surface area (Å²) in [7, 11) is 0. The minimum Gasteiger partial charge on any atom is -0.477 e. The van der Waals surface area contributed by atoms with Crippen LogP contribution in [-0.2, 0) is 6.18 Å². The van der Waals surface area contributed by atoms with E-state index in [2.05, 4.69) is 0 Å². The van der Waals surface area contributed by atoms with Gasteiger partial charge in [0.2, 0.25) is 0 Å². The van der Waals surface area contributed by atoms with Crippen LogP contribution in [0.3, 0.4) is 0 Å². The summed E-state index contributed by atoms with van der Waals surface area (Å²) in [5.41, 5.74) is -0.822. The molecule has 1 aromatic carbocycles. The first-order valence-corrected chi connectivity index (χ1v) is 7.16. The number of alkyl halides is 3. The largest absolute Gasteiger partial charge is 0.477 e. The molecule has 7 heteroatoms. The normalized spacial score (nSPS) is 11.5. The van der Waals surface area contributed by atoms with E-state index in [1.807, 2.05) is 13.8 Å². The smallest absolute Gasteiger partial charge is 0.418 e. The van der Waals surface area contributed by atoms with E-state index in [1.165, 1.54) is 24.4 Å². The highest BCUT2D eigenvalue weighted by Gasteiger charge is 2.35. The van der Waals surface area contributed by atoms with E-state index in [1.54, 1.807) is 11.0 Å². The van der Waals surface area contributed by atoms with E-state index in [0.29, 0.717) is 18.8 Å². The third kappa shape index (κ3) is 3.33. The lowest BCUT2D eigenvalue weighted by Crippen LogP contribution is -2.23. The third-order valence-corrected chi connectivity index (χ3v) is 3.64. The zero-order chi connectivity index (χ0) is 17.2. The van der Waals surface area contributed by atoms with Crippen molar-refractivity contribution >= 4 is 11.7 Å². The molecule has 2 aromatic rings. The zero-order valence-electron chi connectivity index (χ0n) is 12.8. The Balaban J connectivity index is 2.64. The lowest BCUT2D eigenvalue weighted by atomic mass is 10.1. The SMILES string of the molecule is CCN(CC)c1ccc(-n2cccc2C(=O)O)c(C(F)(F)F)c1. The highest BCUT2D eigenvalue weighted by Crippen LogP contribution is 2.37. The molecule has 0 aliphatic carbocycles. The van der Waals surface area contributed by atoms with E-state index in [4.69, 9.17) is 5.11 Å². The van der Waals surface area contributed by atoms with Crippen LogP contribution in [-0.4, -0.2) is 28.7 Å². The van der Waals surface area contributed by atoms with E-state index in [0.717, 1.165) is 10.6 Å². The summed E-state index contributed by atoms with van der Waals surface area (Å²) in [6, 6.07) is 6.61. The van der Waals surface area contributed by atoms with Gasteiger partial charge in [0.05, 0.1) is 11.3 Å². The quantitative estimate of drug-likeness (QED) is 0.902. The van der Waals surface area contributed by atoms with Gasteiger partial charge in [-0.1, -0.05) is 0 Å². The van der Waals surface area contributed by atoms with Gasteiger partial charge >= 0.3 is 12.1 Å². The number of hydrogen-bond acceptors (Lipinski definition) is 2. The molecule has 0 aliphatic rings. The maximum absolute atomic E-state index is 13.4. The van der Waals surface area contributed by atoms with E-state index >= 15 is 0 Å². The highest BCUT2D eigenvalue weighted by atomic mass is 19.4. The minimum atomic E-state index is -4.58. The van der Waals surface area contributed by atoms with Gasteiger partial charge in [-0.15, -0.1) is 0 Å². The monoisotopic (exact) mass is 326 g/mol. The topological polar surface area (TPSA) is 45.5 Å². The fourth-order valence-corrected chi connectivity index (χ4v) is 2.51.